The number of alkyl halides is 3. The first-order chi connectivity index (χ1) is 10.8. The fraction of sp³-hybridized carbons (Fsp3) is 0.615. The van der Waals surface area contributed by atoms with Gasteiger partial charge in [-0.3, -0.25) is 4.79 Å². The summed E-state index contributed by atoms with van der Waals surface area (Å²) in [5, 5.41) is 13.4. The molecule has 0 saturated heterocycles. The van der Waals surface area contributed by atoms with Gasteiger partial charge in [-0.1, -0.05) is 0 Å². The number of carbonyl (C=O) groups excluding carboxylic acids is 1. The summed E-state index contributed by atoms with van der Waals surface area (Å²) in [7, 11) is 0. The number of aromatic nitrogens is 2. The molecule has 128 valence electrons. The van der Waals surface area contributed by atoms with Gasteiger partial charge in [-0.15, -0.1) is 0 Å². The van der Waals surface area contributed by atoms with E-state index in [2.05, 4.69) is 15.6 Å². The number of aliphatic carboxylic acids is 1. The third kappa shape index (κ3) is 4.86. The van der Waals surface area contributed by atoms with Gasteiger partial charge >= 0.3 is 18.2 Å². The smallest absolute Gasteiger partial charge is 0.434 e. The molecule has 2 heterocycles. The van der Waals surface area contributed by atoms with Crippen LogP contribution in [0.1, 0.15) is 24.4 Å². The minimum absolute atomic E-state index is 0.00278. The van der Waals surface area contributed by atoms with Crippen LogP contribution in [0.3, 0.4) is 0 Å². The van der Waals surface area contributed by atoms with Crippen LogP contribution in [-0.2, 0) is 23.9 Å². The van der Waals surface area contributed by atoms with Crippen LogP contribution < -0.4 is 10.6 Å². The Morgan fingerprint density at radius 1 is 1.39 bits per heavy atom. The molecule has 1 aromatic rings. The van der Waals surface area contributed by atoms with Crippen LogP contribution in [-0.4, -0.2) is 39.7 Å². The number of aryl methyl sites for hydroxylation is 1. The maximum atomic E-state index is 12.6. The van der Waals surface area contributed by atoms with E-state index in [0.717, 1.165) is 6.20 Å². The predicted octanol–water partition coefficient (Wildman–Crippen LogP) is 1.24. The third-order valence-corrected chi connectivity index (χ3v) is 3.56. The van der Waals surface area contributed by atoms with E-state index in [0.29, 0.717) is 31.8 Å². The number of imidazole rings is 1. The first-order valence-electron chi connectivity index (χ1n) is 7.12. The number of hydrogen-bond acceptors (Lipinski definition) is 3. The molecule has 0 aromatic carbocycles. The van der Waals surface area contributed by atoms with E-state index >= 15 is 0 Å². The second kappa shape index (κ2) is 6.88. The summed E-state index contributed by atoms with van der Waals surface area (Å²) >= 11 is 0. The van der Waals surface area contributed by atoms with E-state index in [1.807, 2.05) is 0 Å². The van der Waals surface area contributed by atoms with Gasteiger partial charge in [-0.05, 0) is 12.3 Å². The van der Waals surface area contributed by atoms with Crippen molar-refractivity contribution in [1.29, 1.82) is 0 Å². The van der Waals surface area contributed by atoms with Gasteiger partial charge in [-0.25, -0.2) is 9.78 Å². The molecule has 3 N–H and O–H groups in total. The van der Waals surface area contributed by atoms with Crippen LogP contribution in [0.25, 0.3) is 0 Å². The quantitative estimate of drug-likeness (QED) is 0.755. The molecule has 2 rings (SSSR count). The number of nitrogens with zero attached hydrogens (tertiary/aromatic N) is 2. The fourth-order valence-corrected chi connectivity index (χ4v) is 2.40. The standard InChI is InChI=1S/C13H17F3N4O3/c14-13(15,16)9-7-20-6-8(1-2-10(20)19-9)5-18-12(23)17-4-3-11(21)22/h7-8H,1-6H2,(H,21,22)(H2,17,18,23). The van der Waals surface area contributed by atoms with Crippen LogP contribution in [0, 0.1) is 5.92 Å². The van der Waals surface area contributed by atoms with Gasteiger partial charge in [0, 0.05) is 32.3 Å². The van der Waals surface area contributed by atoms with Crippen molar-refractivity contribution >= 4 is 12.0 Å². The minimum atomic E-state index is -4.46. The van der Waals surface area contributed by atoms with Crippen molar-refractivity contribution in [3.8, 4) is 0 Å². The van der Waals surface area contributed by atoms with Crippen molar-refractivity contribution < 1.29 is 27.9 Å². The zero-order chi connectivity index (χ0) is 17.0. The van der Waals surface area contributed by atoms with E-state index in [4.69, 9.17) is 5.11 Å². The molecular formula is C13H17F3N4O3. The molecule has 0 saturated carbocycles. The number of nitrogens with one attached hydrogen (secondary N) is 2. The average molecular weight is 334 g/mol. The molecule has 10 heteroatoms. The van der Waals surface area contributed by atoms with Crippen molar-refractivity contribution in [2.45, 2.75) is 32.0 Å². The Morgan fingerprint density at radius 2 is 2.13 bits per heavy atom. The monoisotopic (exact) mass is 334 g/mol. The molecule has 0 radical (unpaired) electrons. The van der Waals surface area contributed by atoms with Crippen LogP contribution in [0.4, 0.5) is 18.0 Å². The second-order valence-electron chi connectivity index (χ2n) is 5.38. The lowest BCUT2D eigenvalue weighted by Gasteiger charge is -2.23. The molecule has 1 atom stereocenters. The number of carboxylic acids is 1. The van der Waals surface area contributed by atoms with Gasteiger partial charge in [0.05, 0.1) is 6.42 Å². The zero-order valence-corrected chi connectivity index (χ0v) is 12.2. The lowest BCUT2D eigenvalue weighted by molar-refractivity contribution is -0.141. The number of amides is 2. The molecule has 1 aromatic heterocycles. The van der Waals surface area contributed by atoms with Crippen LogP contribution in [0.5, 0.6) is 0 Å². The van der Waals surface area contributed by atoms with Gasteiger partial charge in [0.2, 0.25) is 0 Å². The van der Waals surface area contributed by atoms with Crippen LogP contribution >= 0.6 is 0 Å². The number of hydrogen-bond donors (Lipinski definition) is 3. The Hall–Kier alpha value is -2.26. The summed E-state index contributed by atoms with van der Waals surface area (Å²) in [6.45, 7) is 0.679. The maximum Gasteiger partial charge on any atom is 0.434 e. The van der Waals surface area contributed by atoms with Crippen molar-refractivity contribution in [3.63, 3.8) is 0 Å². The molecule has 1 aliphatic heterocycles. The SMILES string of the molecule is O=C(O)CCNC(=O)NCC1CCc2nc(C(F)(F)F)cn2C1. The predicted molar refractivity (Wildman–Crippen MR) is 72.7 cm³/mol. The second-order valence-corrected chi connectivity index (χ2v) is 5.38. The molecule has 0 bridgehead atoms. The van der Waals surface area contributed by atoms with Gasteiger partial charge < -0.3 is 20.3 Å². The summed E-state index contributed by atoms with van der Waals surface area (Å²) in [4.78, 5) is 25.4. The molecule has 1 unspecified atom stereocenters. The highest BCUT2D eigenvalue weighted by molar-refractivity contribution is 5.74. The van der Waals surface area contributed by atoms with Crippen LogP contribution in [0.15, 0.2) is 6.20 Å². The molecule has 2 amide bonds. The van der Waals surface area contributed by atoms with E-state index < -0.39 is 23.9 Å². The summed E-state index contributed by atoms with van der Waals surface area (Å²) < 4.78 is 39.3. The Morgan fingerprint density at radius 3 is 2.78 bits per heavy atom. The maximum absolute atomic E-state index is 12.6. The highest BCUT2D eigenvalue weighted by atomic mass is 19.4. The Kier molecular flexibility index (Phi) is 5.12. The number of carbonyl (C=O) groups is 2. The normalized spacial score (nSPS) is 17.4. The van der Waals surface area contributed by atoms with E-state index in [1.165, 1.54) is 4.57 Å². The highest BCUT2D eigenvalue weighted by Crippen LogP contribution is 2.30. The van der Waals surface area contributed by atoms with E-state index in [-0.39, 0.29) is 18.9 Å². The number of urea groups is 1. The molecule has 0 aliphatic carbocycles. The molecule has 7 nitrogen and oxygen atoms in total. The van der Waals surface area contributed by atoms with Crippen molar-refractivity contribution in [2.75, 3.05) is 13.1 Å². The molecule has 0 spiro atoms. The largest absolute Gasteiger partial charge is 0.481 e. The van der Waals surface area contributed by atoms with E-state index in [9.17, 15) is 22.8 Å². The number of halogens is 3. The Bertz CT molecular complexity index is 586. The third-order valence-electron chi connectivity index (χ3n) is 3.56. The summed E-state index contributed by atoms with van der Waals surface area (Å²) in [5.41, 5.74) is -0.896. The Labute approximate surface area is 129 Å². The average Bonchev–Trinajstić information content (AvgIpc) is 2.88. The molecular weight excluding hydrogens is 317 g/mol. The summed E-state index contributed by atoms with van der Waals surface area (Å²) in [6, 6.07) is -0.487. The van der Waals surface area contributed by atoms with Gasteiger partial charge in [0.1, 0.15) is 5.82 Å². The molecule has 0 fully saturated rings. The zero-order valence-electron chi connectivity index (χ0n) is 12.2. The van der Waals surface area contributed by atoms with Gasteiger partial charge in [0.15, 0.2) is 5.69 Å². The van der Waals surface area contributed by atoms with Crippen molar-refractivity contribution in [3.05, 3.63) is 17.7 Å². The van der Waals surface area contributed by atoms with E-state index in [1.54, 1.807) is 0 Å². The summed E-state index contributed by atoms with van der Waals surface area (Å²) in [5.74, 6) is -0.604. The number of carboxylic acid groups (broad SMARTS) is 1. The van der Waals surface area contributed by atoms with Gasteiger partial charge in [-0.2, -0.15) is 13.2 Å². The topological polar surface area (TPSA) is 96.2 Å². The minimum Gasteiger partial charge on any atom is -0.481 e. The summed E-state index contributed by atoms with van der Waals surface area (Å²) in [6.07, 6.45) is -2.58. The number of fused-ring (bicyclic) bond motifs is 1. The molecule has 23 heavy (non-hydrogen) atoms. The molecule has 1 aliphatic rings. The Balaban J connectivity index is 1.80. The number of rotatable bonds is 5. The fourth-order valence-electron chi connectivity index (χ4n) is 2.40. The lowest BCUT2D eigenvalue weighted by atomic mass is 9.99. The van der Waals surface area contributed by atoms with Crippen molar-refractivity contribution in [2.24, 2.45) is 5.92 Å². The highest BCUT2D eigenvalue weighted by Gasteiger charge is 2.35. The first-order valence-corrected chi connectivity index (χ1v) is 7.12. The van der Waals surface area contributed by atoms with Crippen LogP contribution in [0.2, 0.25) is 0 Å². The van der Waals surface area contributed by atoms with Gasteiger partial charge in [0.25, 0.3) is 0 Å². The lowest BCUT2D eigenvalue weighted by Crippen LogP contribution is -2.40. The van der Waals surface area contributed by atoms with Crippen molar-refractivity contribution in [1.82, 2.24) is 20.2 Å². The first kappa shape index (κ1) is 17.1.